The lowest BCUT2D eigenvalue weighted by molar-refractivity contribution is 0.100. The first-order valence-electron chi connectivity index (χ1n) is 4.49. The first-order valence-corrected chi connectivity index (χ1v) is 4.49. The Balaban J connectivity index is 2.35. The molecule has 0 bridgehead atoms. The van der Waals surface area contributed by atoms with E-state index in [1.165, 1.54) is 0 Å². The maximum atomic E-state index is 10.8. The monoisotopic (exact) mass is 202 g/mol. The quantitative estimate of drug-likeness (QED) is 0.806. The molecule has 0 spiro atoms. The van der Waals surface area contributed by atoms with E-state index in [1.807, 2.05) is 6.92 Å². The molecule has 4 nitrogen and oxygen atoms in total. The van der Waals surface area contributed by atoms with Crippen molar-refractivity contribution in [2.45, 2.75) is 6.92 Å². The van der Waals surface area contributed by atoms with Gasteiger partial charge in [0.2, 0.25) is 11.8 Å². The maximum Gasteiger partial charge on any atom is 0.248 e. The Morgan fingerprint density at radius 2 is 2.00 bits per heavy atom. The number of hydrogen-bond acceptors (Lipinski definition) is 3. The molecule has 1 amide bonds. The van der Waals surface area contributed by atoms with Gasteiger partial charge in [-0.25, -0.2) is 4.98 Å². The molecule has 0 unspecified atom stereocenters. The fraction of sp³-hybridized carbons (Fsp3) is 0.0909. The van der Waals surface area contributed by atoms with Gasteiger partial charge >= 0.3 is 0 Å². The summed E-state index contributed by atoms with van der Waals surface area (Å²) in [6, 6.07) is 6.81. The standard InChI is InChI=1S/C11H10N2O2/c1-7-6-15-11(13-7)9-4-2-8(3-5-9)10(12)14/h2-6H,1H3,(H2,12,14). The van der Waals surface area contributed by atoms with Gasteiger partial charge < -0.3 is 10.2 Å². The number of amides is 1. The molecule has 0 radical (unpaired) electrons. The van der Waals surface area contributed by atoms with Crippen LogP contribution in [0.2, 0.25) is 0 Å². The van der Waals surface area contributed by atoms with E-state index in [4.69, 9.17) is 10.2 Å². The minimum absolute atomic E-state index is 0.440. The number of benzene rings is 1. The van der Waals surface area contributed by atoms with E-state index in [1.54, 1.807) is 30.5 Å². The zero-order chi connectivity index (χ0) is 10.8. The Bertz CT molecular complexity index is 486. The number of aromatic nitrogens is 1. The molecule has 1 aromatic heterocycles. The average molecular weight is 202 g/mol. The summed E-state index contributed by atoms with van der Waals surface area (Å²) in [5.41, 5.74) is 7.25. The van der Waals surface area contributed by atoms with Crippen LogP contribution in [0, 0.1) is 6.92 Å². The molecule has 0 aliphatic heterocycles. The summed E-state index contributed by atoms with van der Waals surface area (Å²) in [6.45, 7) is 1.85. The fourth-order valence-electron chi connectivity index (χ4n) is 1.26. The average Bonchev–Trinajstić information content (AvgIpc) is 2.65. The highest BCUT2D eigenvalue weighted by Crippen LogP contribution is 2.18. The number of aryl methyl sites for hydroxylation is 1. The molecule has 0 saturated carbocycles. The summed E-state index contributed by atoms with van der Waals surface area (Å²) in [4.78, 5) is 15.0. The van der Waals surface area contributed by atoms with Crippen LogP contribution in [-0.4, -0.2) is 10.9 Å². The molecule has 2 N–H and O–H groups in total. The number of rotatable bonds is 2. The van der Waals surface area contributed by atoms with E-state index < -0.39 is 5.91 Å². The molecule has 0 aliphatic rings. The zero-order valence-corrected chi connectivity index (χ0v) is 8.23. The highest BCUT2D eigenvalue weighted by atomic mass is 16.3. The van der Waals surface area contributed by atoms with Gasteiger partial charge in [-0.15, -0.1) is 0 Å². The van der Waals surface area contributed by atoms with Gasteiger partial charge in [0, 0.05) is 11.1 Å². The summed E-state index contributed by atoms with van der Waals surface area (Å²) in [5.74, 6) is 0.105. The molecule has 0 atom stereocenters. The lowest BCUT2D eigenvalue weighted by atomic mass is 10.1. The van der Waals surface area contributed by atoms with E-state index >= 15 is 0 Å². The summed E-state index contributed by atoms with van der Waals surface area (Å²) in [6.07, 6.45) is 1.58. The third-order valence-corrected chi connectivity index (χ3v) is 2.04. The van der Waals surface area contributed by atoms with Crippen LogP contribution in [0.25, 0.3) is 11.5 Å². The van der Waals surface area contributed by atoms with Crippen molar-refractivity contribution in [2.24, 2.45) is 5.73 Å². The summed E-state index contributed by atoms with van der Waals surface area (Å²) in [5, 5.41) is 0. The van der Waals surface area contributed by atoms with Crippen LogP contribution in [-0.2, 0) is 0 Å². The van der Waals surface area contributed by atoms with E-state index in [0.717, 1.165) is 11.3 Å². The van der Waals surface area contributed by atoms with Crippen molar-refractivity contribution >= 4 is 5.91 Å². The Kier molecular flexibility index (Phi) is 2.25. The summed E-state index contributed by atoms with van der Waals surface area (Å²) >= 11 is 0. The maximum absolute atomic E-state index is 10.8. The Hall–Kier alpha value is -2.10. The van der Waals surface area contributed by atoms with Crippen molar-refractivity contribution < 1.29 is 9.21 Å². The molecule has 1 heterocycles. The van der Waals surface area contributed by atoms with Crippen LogP contribution in [0.4, 0.5) is 0 Å². The van der Waals surface area contributed by atoms with Crippen molar-refractivity contribution in [2.75, 3.05) is 0 Å². The summed E-state index contributed by atoms with van der Waals surface area (Å²) in [7, 11) is 0. The zero-order valence-electron chi connectivity index (χ0n) is 8.23. The van der Waals surface area contributed by atoms with E-state index in [9.17, 15) is 4.79 Å². The Morgan fingerprint density at radius 1 is 1.33 bits per heavy atom. The van der Waals surface area contributed by atoms with E-state index in [-0.39, 0.29) is 0 Å². The van der Waals surface area contributed by atoms with Gasteiger partial charge in [0.1, 0.15) is 6.26 Å². The third kappa shape index (κ3) is 1.88. The minimum atomic E-state index is -0.440. The van der Waals surface area contributed by atoms with Crippen LogP contribution >= 0.6 is 0 Å². The number of hydrogen-bond donors (Lipinski definition) is 1. The first-order chi connectivity index (χ1) is 7.16. The van der Waals surface area contributed by atoms with Crippen molar-refractivity contribution in [3.05, 3.63) is 41.8 Å². The number of carbonyl (C=O) groups is 1. The summed E-state index contributed by atoms with van der Waals surface area (Å²) < 4.78 is 5.22. The number of primary amides is 1. The smallest absolute Gasteiger partial charge is 0.248 e. The Labute approximate surface area is 86.7 Å². The molecule has 0 aliphatic carbocycles. The van der Waals surface area contributed by atoms with E-state index in [2.05, 4.69) is 4.98 Å². The lowest BCUT2D eigenvalue weighted by Gasteiger charge is -1.97. The van der Waals surface area contributed by atoms with Gasteiger partial charge in [0.15, 0.2) is 0 Å². The van der Waals surface area contributed by atoms with Crippen molar-refractivity contribution in [1.29, 1.82) is 0 Å². The van der Waals surface area contributed by atoms with Crippen LogP contribution in [0.15, 0.2) is 34.9 Å². The molecule has 15 heavy (non-hydrogen) atoms. The number of nitrogens with zero attached hydrogens (tertiary/aromatic N) is 1. The van der Waals surface area contributed by atoms with Gasteiger partial charge in [0.05, 0.1) is 5.69 Å². The largest absolute Gasteiger partial charge is 0.444 e. The lowest BCUT2D eigenvalue weighted by Crippen LogP contribution is -2.10. The van der Waals surface area contributed by atoms with Gasteiger partial charge in [-0.3, -0.25) is 4.79 Å². The number of oxazole rings is 1. The van der Waals surface area contributed by atoms with Crippen LogP contribution < -0.4 is 5.73 Å². The van der Waals surface area contributed by atoms with Crippen molar-refractivity contribution in [1.82, 2.24) is 4.98 Å². The fourth-order valence-corrected chi connectivity index (χ4v) is 1.26. The predicted molar refractivity (Wildman–Crippen MR) is 55.2 cm³/mol. The first kappa shape index (κ1) is 9.45. The highest BCUT2D eigenvalue weighted by molar-refractivity contribution is 5.93. The third-order valence-electron chi connectivity index (χ3n) is 2.04. The highest BCUT2D eigenvalue weighted by Gasteiger charge is 2.05. The van der Waals surface area contributed by atoms with Gasteiger partial charge in [-0.1, -0.05) is 0 Å². The molecule has 0 saturated heterocycles. The van der Waals surface area contributed by atoms with Gasteiger partial charge in [0.25, 0.3) is 0 Å². The molecule has 0 fully saturated rings. The Morgan fingerprint density at radius 3 is 2.47 bits per heavy atom. The second-order valence-electron chi connectivity index (χ2n) is 3.24. The molecule has 1 aromatic carbocycles. The second kappa shape index (κ2) is 3.57. The topological polar surface area (TPSA) is 69.1 Å². The number of nitrogens with two attached hydrogens (primary N) is 1. The number of carbonyl (C=O) groups excluding carboxylic acids is 1. The van der Waals surface area contributed by atoms with Crippen LogP contribution in [0.5, 0.6) is 0 Å². The molecule has 2 rings (SSSR count). The minimum Gasteiger partial charge on any atom is -0.444 e. The molecular weight excluding hydrogens is 192 g/mol. The van der Waals surface area contributed by atoms with Gasteiger partial charge in [-0.2, -0.15) is 0 Å². The molecule has 2 aromatic rings. The second-order valence-corrected chi connectivity index (χ2v) is 3.24. The predicted octanol–water partition coefficient (Wildman–Crippen LogP) is 1.75. The molecule has 4 heteroatoms. The van der Waals surface area contributed by atoms with Crippen molar-refractivity contribution in [3.63, 3.8) is 0 Å². The SMILES string of the molecule is Cc1coc(-c2ccc(C(N)=O)cc2)n1. The van der Waals surface area contributed by atoms with Gasteiger partial charge in [-0.05, 0) is 31.2 Å². The normalized spacial score (nSPS) is 10.2. The molecule has 76 valence electrons. The van der Waals surface area contributed by atoms with Crippen LogP contribution in [0.3, 0.4) is 0 Å². The van der Waals surface area contributed by atoms with E-state index in [0.29, 0.717) is 11.5 Å². The van der Waals surface area contributed by atoms with Crippen molar-refractivity contribution in [3.8, 4) is 11.5 Å². The van der Waals surface area contributed by atoms with Crippen LogP contribution in [0.1, 0.15) is 16.1 Å². The molecular formula is C11H10N2O2.